The summed E-state index contributed by atoms with van der Waals surface area (Å²) in [5.41, 5.74) is 4.84. The van der Waals surface area contributed by atoms with E-state index in [9.17, 15) is 20.1 Å². The number of aliphatic hydroxyl groups excluding tert-OH is 2. The van der Waals surface area contributed by atoms with Crippen LogP contribution >= 0.6 is 0 Å². The van der Waals surface area contributed by atoms with Crippen molar-refractivity contribution in [2.24, 2.45) is 11.8 Å². The summed E-state index contributed by atoms with van der Waals surface area (Å²) in [6, 6.07) is 25.9. The van der Waals surface area contributed by atoms with E-state index in [-0.39, 0.29) is 48.6 Å². The van der Waals surface area contributed by atoms with Crippen LogP contribution < -0.4 is 9.47 Å². The maximum absolute atomic E-state index is 13.6. The third-order valence-corrected chi connectivity index (χ3v) is 10.4. The third-order valence-electron chi connectivity index (χ3n) is 10.4. The zero-order chi connectivity index (χ0) is 37.0. The highest BCUT2D eigenvalue weighted by Gasteiger charge is 2.29. The van der Waals surface area contributed by atoms with Gasteiger partial charge in [-0.3, -0.25) is 4.79 Å². The molecule has 2 aliphatic heterocycles. The Balaban J connectivity index is 1.25. The van der Waals surface area contributed by atoms with Crippen LogP contribution in [0.2, 0.25) is 0 Å². The minimum atomic E-state index is -0.497. The summed E-state index contributed by atoms with van der Waals surface area (Å²) < 4.78 is 18.0. The van der Waals surface area contributed by atoms with Gasteiger partial charge < -0.3 is 29.5 Å². The number of phenols is 1. The first-order valence-electron chi connectivity index (χ1n) is 18.8. The maximum Gasteiger partial charge on any atom is 0.161 e. The average molecular weight is 715 g/mol. The van der Waals surface area contributed by atoms with Crippen LogP contribution in [0.5, 0.6) is 17.2 Å². The van der Waals surface area contributed by atoms with Crippen LogP contribution in [0.1, 0.15) is 73.6 Å². The summed E-state index contributed by atoms with van der Waals surface area (Å²) in [6.07, 6.45) is 13.5. The molecule has 0 aromatic heterocycles. The molecule has 3 atom stereocenters. The number of allylic oxidation sites excluding steroid dienone is 3. The van der Waals surface area contributed by atoms with Crippen molar-refractivity contribution < 1.29 is 34.3 Å². The monoisotopic (exact) mass is 714 g/mol. The Morgan fingerprint density at radius 2 is 1.72 bits per heavy atom. The number of methoxy groups -OCH3 is 1. The Labute approximate surface area is 312 Å². The first kappa shape index (κ1) is 37.6. The second kappa shape index (κ2) is 18.5. The van der Waals surface area contributed by atoms with Gasteiger partial charge in [-0.1, -0.05) is 73.0 Å². The van der Waals surface area contributed by atoms with Crippen LogP contribution in [0.3, 0.4) is 0 Å². The number of carbonyl (C=O) groups is 1. The van der Waals surface area contributed by atoms with Crippen LogP contribution in [0.25, 0.3) is 10.8 Å². The summed E-state index contributed by atoms with van der Waals surface area (Å²) in [5.74, 6) is 4.91. The number of rotatable bonds is 11. The molecular weight excluding hydrogens is 664 g/mol. The van der Waals surface area contributed by atoms with Crippen molar-refractivity contribution in [2.45, 2.75) is 83.3 Å². The number of aryl methyl sites for hydroxylation is 2. The number of benzene rings is 4. The number of ketones is 1. The summed E-state index contributed by atoms with van der Waals surface area (Å²) in [4.78, 5) is 13.6. The van der Waals surface area contributed by atoms with Gasteiger partial charge in [0.05, 0.1) is 7.11 Å². The largest absolute Gasteiger partial charge is 0.508 e. The van der Waals surface area contributed by atoms with Crippen LogP contribution in [0, 0.1) is 23.9 Å². The normalized spacial score (nSPS) is 19.1. The smallest absolute Gasteiger partial charge is 0.161 e. The molecule has 7 nitrogen and oxygen atoms in total. The van der Waals surface area contributed by atoms with Crippen molar-refractivity contribution >= 4 is 16.6 Å². The number of phenolic OH excluding ortho intramolecular Hbond substituents is 1. The second-order valence-corrected chi connectivity index (χ2v) is 14.2. The molecule has 0 saturated carbocycles. The van der Waals surface area contributed by atoms with E-state index in [0.29, 0.717) is 55.8 Å². The SMILES string of the molecule is COc1ccc2cc1OCc1ccc3c(c(O)ccc3c1)CC#CO[C@@H](C[C@H]1C=C(O)C(CCCO)=C[C@@H]1CCCCc1ccccc1)CC(=O)CC2. The van der Waals surface area contributed by atoms with Gasteiger partial charge in [0.25, 0.3) is 0 Å². The molecule has 7 heteroatoms. The first-order chi connectivity index (χ1) is 25.9. The number of aliphatic hydroxyl groups is 2. The molecule has 0 spiro atoms. The standard InChI is InChI=1S/C46H50O7/c1-51-45-22-17-33-15-19-39(48)30-40(52-24-8-14-42-41-20-16-34(31-53-46(45)26-33)25-36(41)18-21-43(42)49)28-38-29-44(50)37(13-7-23-47)27-35(38)12-6-5-11-32-9-3-2-4-10-32/h2-4,9-10,16-18,20-22,25-27,29,35,38,40,47,49-50H,5-7,11-15,19,23,28,30-31H2,1H3/t35-,38-,40-/m0/s1. The Kier molecular flexibility index (Phi) is 13.1. The number of aromatic hydroxyl groups is 1. The van der Waals surface area contributed by atoms with Crippen molar-refractivity contribution in [1.82, 2.24) is 0 Å². The topological polar surface area (TPSA) is 105 Å². The lowest BCUT2D eigenvalue weighted by molar-refractivity contribution is -0.121. The van der Waals surface area contributed by atoms with Crippen molar-refractivity contribution in [3.63, 3.8) is 0 Å². The number of carbonyl (C=O) groups excluding carboxylic acids is 1. The second-order valence-electron chi connectivity index (χ2n) is 14.2. The van der Waals surface area contributed by atoms with Gasteiger partial charge in [0.2, 0.25) is 0 Å². The quantitative estimate of drug-likeness (QED) is 0.105. The van der Waals surface area contributed by atoms with Gasteiger partial charge >= 0.3 is 0 Å². The molecule has 7 rings (SSSR count). The zero-order valence-electron chi connectivity index (χ0n) is 30.6. The molecule has 4 aromatic carbocycles. The summed E-state index contributed by atoms with van der Waals surface area (Å²) in [7, 11) is 1.61. The van der Waals surface area contributed by atoms with E-state index in [0.717, 1.165) is 53.2 Å². The minimum Gasteiger partial charge on any atom is -0.508 e. The number of fused-ring (bicyclic) bond motifs is 9. The van der Waals surface area contributed by atoms with E-state index in [1.165, 1.54) is 5.56 Å². The third kappa shape index (κ3) is 10.2. The van der Waals surface area contributed by atoms with Crippen molar-refractivity contribution in [3.05, 3.63) is 125 Å². The van der Waals surface area contributed by atoms with Gasteiger partial charge in [-0.15, -0.1) is 0 Å². The van der Waals surface area contributed by atoms with Crippen LogP contribution in [0.15, 0.2) is 102 Å². The molecule has 276 valence electrons. The molecule has 6 bridgehead atoms. The Hall–Kier alpha value is -5.19. The Morgan fingerprint density at radius 3 is 2.55 bits per heavy atom. The minimum absolute atomic E-state index is 0.0524. The van der Waals surface area contributed by atoms with Crippen molar-refractivity contribution in [2.75, 3.05) is 13.7 Å². The number of Topliss-reactive ketones (excluding diaryl/α,β-unsaturated/α-hetero) is 1. The predicted molar refractivity (Wildman–Crippen MR) is 208 cm³/mol. The van der Waals surface area contributed by atoms with Crippen molar-refractivity contribution in [1.29, 1.82) is 0 Å². The Morgan fingerprint density at radius 1 is 0.868 bits per heavy atom. The van der Waals surface area contributed by atoms with Crippen LogP contribution in [0.4, 0.5) is 0 Å². The van der Waals surface area contributed by atoms with Gasteiger partial charge in [-0.05, 0) is 120 Å². The molecule has 3 N–H and O–H groups in total. The van der Waals surface area contributed by atoms with Gasteiger partial charge in [-0.2, -0.15) is 0 Å². The highest BCUT2D eigenvalue weighted by Crippen LogP contribution is 2.37. The predicted octanol–water partition coefficient (Wildman–Crippen LogP) is 9.12. The fourth-order valence-corrected chi connectivity index (χ4v) is 7.50. The van der Waals surface area contributed by atoms with Gasteiger partial charge in [0.1, 0.15) is 36.1 Å². The van der Waals surface area contributed by atoms with E-state index in [1.54, 1.807) is 13.2 Å². The maximum atomic E-state index is 13.6. The van der Waals surface area contributed by atoms with Gasteiger partial charge in [0, 0.05) is 31.4 Å². The van der Waals surface area contributed by atoms with E-state index in [1.807, 2.05) is 48.5 Å². The van der Waals surface area contributed by atoms with Gasteiger partial charge in [0.15, 0.2) is 11.5 Å². The lowest BCUT2D eigenvalue weighted by Gasteiger charge is -2.30. The zero-order valence-corrected chi connectivity index (χ0v) is 30.6. The molecule has 0 radical (unpaired) electrons. The number of hydrogen-bond donors (Lipinski definition) is 3. The fourth-order valence-electron chi connectivity index (χ4n) is 7.50. The van der Waals surface area contributed by atoms with E-state index in [4.69, 9.17) is 14.2 Å². The highest BCUT2D eigenvalue weighted by atomic mass is 16.5. The lowest BCUT2D eigenvalue weighted by Crippen LogP contribution is -2.25. The molecule has 53 heavy (non-hydrogen) atoms. The molecule has 3 aliphatic rings. The summed E-state index contributed by atoms with van der Waals surface area (Å²) in [5, 5.41) is 33.2. The van der Waals surface area contributed by atoms with Crippen LogP contribution in [-0.4, -0.2) is 40.9 Å². The first-order valence-corrected chi connectivity index (χ1v) is 18.8. The number of ether oxygens (including phenoxy) is 3. The molecule has 0 saturated heterocycles. The fraction of sp³-hybridized carbons (Fsp3) is 0.370. The molecule has 1 aliphatic carbocycles. The summed E-state index contributed by atoms with van der Waals surface area (Å²) >= 11 is 0. The molecule has 2 heterocycles. The molecule has 4 aromatic rings. The molecule has 0 unspecified atom stereocenters. The van der Waals surface area contributed by atoms with Crippen molar-refractivity contribution in [3.8, 4) is 29.3 Å². The van der Waals surface area contributed by atoms with E-state index >= 15 is 0 Å². The van der Waals surface area contributed by atoms with E-state index in [2.05, 4.69) is 48.4 Å². The number of hydrogen-bond acceptors (Lipinski definition) is 7. The average Bonchev–Trinajstić information content (AvgIpc) is 3.17. The lowest BCUT2D eigenvalue weighted by atomic mass is 9.77. The molecular formula is C46H50O7. The Bertz CT molecular complexity index is 1980. The summed E-state index contributed by atoms with van der Waals surface area (Å²) in [6.45, 7) is 0.395. The van der Waals surface area contributed by atoms with E-state index < -0.39 is 6.10 Å². The molecule has 0 amide bonds. The number of unbranched alkanes of at least 4 members (excludes halogenated alkanes) is 1. The molecule has 0 fully saturated rings. The van der Waals surface area contributed by atoms with Gasteiger partial charge in [-0.25, -0.2) is 0 Å². The van der Waals surface area contributed by atoms with Crippen LogP contribution in [-0.2, 0) is 35.4 Å². The highest BCUT2D eigenvalue weighted by molar-refractivity contribution is 5.88.